The monoisotopic (exact) mass is 981 g/mol. The van der Waals surface area contributed by atoms with Crippen molar-refractivity contribution in [2.24, 2.45) is 0 Å². The lowest BCUT2D eigenvalue weighted by molar-refractivity contribution is -0.140. The molecule has 14 heteroatoms. The number of benzene rings is 6. The average Bonchev–Trinajstić information content (AvgIpc) is 3.86. The molecule has 0 saturated heterocycles. The zero-order valence-electron chi connectivity index (χ0n) is 39.0. The Labute approximate surface area is 418 Å². The van der Waals surface area contributed by atoms with Gasteiger partial charge in [-0.3, -0.25) is 4.79 Å². The molecule has 0 heterocycles. The fourth-order valence-electron chi connectivity index (χ4n) is 9.34. The molecular weight excluding hydrogens is 915 g/mol. The Morgan fingerprint density at radius 2 is 0.901 bits per heavy atom. The average molecular weight is 982 g/mol. The molecule has 6 aromatic carbocycles. The maximum atomic E-state index is 12.9. The minimum absolute atomic E-state index is 0. The Balaban J connectivity index is 0.000000305. The van der Waals surface area contributed by atoms with Crippen molar-refractivity contribution in [3.63, 3.8) is 0 Å². The molecule has 0 aromatic heterocycles. The SMILES string of the molecule is C.C.CC(C)(C)[Si](OCCCNC(=O)C(CO)NC(=O)OCC1c2ccccc2-c2ccccc21)(c1ccccc1)c1ccccc1.O=C(NC(CO)C(=O)O)OCC1c2ccccc2-c2ccccc21. The van der Waals surface area contributed by atoms with Gasteiger partial charge in [-0.05, 0) is 66.3 Å². The number of carboxylic acid groups (broad SMARTS) is 1. The molecule has 71 heavy (non-hydrogen) atoms. The molecule has 0 spiro atoms. The van der Waals surface area contributed by atoms with Gasteiger partial charge in [0.15, 0.2) is 6.04 Å². The second-order valence-electron chi connectivity index (χ2n) is 17.9. The van der Waals surface area contributed by atoms with E-state index in [1.54, 1.807) is 0 Å². The minimum atomic E-state index is -2.67. The van der Waals surface area contributed by atoms with Crippen molar-refractivity contribution in [1.82, 2.24) is 16.0 Å². The number of hydrogen-bond donors (Lipinski definition) is 6. The van der Waals surface area contributed by atoms with Crippen LogP contribution in [0.15, 0.2) is 158 Å². The van der Waals surface area contributed by atoms with E-state index in [0.717, 1.165) is 44.5 Å². The van der Waals surface area contributed by atoms with Crippen LogP contribution in [0, 0.1) is 0 Å². The highest BCUT2D eigenvalue weighted by atomic mass is 28.4. The molecule has 0 radical (unpaired) electrons. The predicted octanol–water partition coefficient (Wildman–Crippen LogP) is 8.21. The molecule has 0 fully saturated rings. The number of alkyl carbamates (subject to hydrolysis) is 2. The van der Waals surface area contributed by atoms with E-state index in [-0.39, 0.29) is 44.9 Å². The zero-order chi connectivity index (χ0) is 49.0. The van der Waals surface area contributed by atoms with Gasteiger partial charge in [0, 0.05) is 25.0 Å². The van der Waals surface area contributed by atoms with Gasteiger partial charge < -0.3 is 45.2 Å². The Kier molecular flexibility index (Phi) is 19.4. The quantitative estimate of drug-likeness (QED) is 0.0384. The number of aliphatic hydroxyl groups excluding tert-OH is 2. The number of carbonyl (C=O) groups is 4. The highest BCUT2D eigenvalue weighted by Crippen LogP contribution is 2.46. The molecule has 6 N–H and O–H groups in total. The summed E-state index contributed by atoms with van der Waals surface area (Å²) in [5, 5.41) is 37.4. The largest absolute Gasteiger partial charge is 0.480 e. The van der Waals surface area contributed by atoms with Gasteiger partial charge >= 0.3 is 18.2 Å². The number of nitrogens with one attached hydrogen (secondary N) is 3. The molecule has 374 valence electrons. The minimum Gasteiger partial charge on any atom is -0.480 e. The van der Waals surface area contributed by atoms with Crippen LogP contribution in [0.1, 0.15) is 76.1 Å². The third-order valence-corrected chi connectivity index (χ3v) is 17.6. The first-order valence-electron chi connectivity index (χ1n) is 23.1. The van der Waals surface area contributed by atoms with Crippen LogP contribution >= 0.6 is 0 Å². The first-order valence-corrected chi connectivity index (χ1v) is 25.0. The summed E-state index contributed by atoms with van der Waals surface area (Å²) >= 11 is 0. The van der Waals surface area contributed by atoms with Gasteiger partial charge in [-0.1, -0.05) is 193 Å². The number of ether oxygens (including phenoxy) is 2. The Hall–Kier alpha value is -7.10. The molecular formula is C57H67N3O10Si. The standard InChI is InChI=1S/C37H42N2O5Si.C18H17NO5.2CH4/c1-37(2,3)45(27-15-6-4-7-16-27,28-17-8-5-9-18-28)44-24-14-23-38-35(41)34(25-40)39-36(42)43-26-33-31-21-12-10-19-29(31)30-20-11-13-22-32(30)33;20-9-16(17(21)22)19-18(23)24-10-15-13-7-3-1-5-11(13)12-6-2-4-8-14(12)15;;/h4-13,15-22,33-34,40H,14,23-26H2,1-3H3,(H,38,41)(H,39,42);1-8,15-16,20H,9-10H2,(H,19,23)(H,21,22);2*1H4. The van der Waals surface area contributed by atoms with Gasteiger partial charge in [0.2, 0.25) is 5.91 Å². The summed E-state index contributed by atoms with van der Waals surface area (Å²) in [6, 6.07) is 50.3. The van der Waals surface area contributed by atoms with Crippen molar-refractivity contribution in [1.29, 1.82) is 0 Å². The number of aliphatic hydroxyl groups is 2. The zero-order valence-corrected chi connectivity index (χ0v) is 40.0. The molecule has 2 aliphatic carbocycles. The van der Waals surface area contributed by atoms with Crippen LogP contribution in [-0.2, 0) is 23.5 Å². The number of hydrogen-bond acceptors (Lipinski definition) is 9. The van der Waals surface area contributed by atoms with Crippen molar-refractivity contribution in [3.8, 4) is 22.3 Å². The molecule has 8 rings (SSSR count). The van der Waals surface area contributed by atoms with E-state index in [1.807, 2.05) is 121 Å². The molecule has 0 saturated carbocycles. The first-order chi connectivity index (χ1) is 33.4. The van der Waals surface area contributed by atoms with E-state index in [1.165, 1.54) is 10.4 Å². The summed E-state index contributed by atoms with van der Waals surface area (Å²) in [7, 11) is -2.67. The maximum Gasteiger partial charge on any atom is 0.407 e. The predicted molar refractivity (Wildman–Crippen MR) is 280 cm³/mol. The molecule has 2 atom stereocenters. The second-order valence-corrected chi connectivity index (χ2v) is 22.2. The summed E-state index contributed by atoms with van der Waals surface area (Å²) in [6.07, 6.45) is -1.04. The van der Waals surface area contributed by atoms with E-state index in [2.05, 4.69) is 73.1 Å². The van der Waals surface area contributed by atoms with Crippen LogP contribution in [0.5, 0.6) is 0 Å². The molecule has 0 aliphatic heterocycles. The Morgan fingerprint density at radius 1 is 0.549 bits per heavy atom. The third-order valence-electron chi connectivity index (χ3n) is 12.6. The number of carbonyl (C=O) groups excluding carboxylic acids is 3. The fraction of sp³-hybridized carbons (Fsp3) is 0.298. The van der Waals surface area contributed by atoms with Crippen molar-refractivity contribution >= 4 is 42.8 Å². The third kappa shape index (κ3) is 12.4. The molecule has 0 bridgehead atoms. The summed E-state index contributed by atoms with van der Waals surface area (Å²) in [4.78, 5) is 48.2. The number of aliphatic carboxylic acids is 1. The van der Waals surface area contributed by atoms with E-state index in [4.69, 9.17) is 24.1 Å². The van der Waals surface area contributed by atoms with Crippen LogP contribution in [-0.4, -0.2) is 99.4 Å². The van der Waals surface area contributed by atoms with Crippen molar-refractivity contribution in [2.75, 3.05) is 39.6 Å². The van der Waals surface area contributed by atoms with Crippen LogP contribution in [0.2, 0.25) is 5.04 Å². The highest BCUT2D eigenvalue weighted by molar-refractivity contribution is 6.99. The summed E-state index contributed by atoms with van der Waals surface area (Å²) in [5.41, 5.74) is 8.84. The van der Waals surface area contributed by atoms with Gasteiger partial charge in [0.05, 0.1) is 13.2 Å². The van der Waals surface area contributed by atoms with E-state index in [0.29, 0.717) is 19.6 Å². The van der Waals surface area contributed by atoms with Gasteiger partial charge in [-0.15, -0.1) is 0 Å². The second kappa shape index (κ2) is 25.1. The lowest BCUT2D eigenvalue weighted by Crippen LogP contribution is -2.66. The molecule has 6 aromatic rings. The summed E-state index contributed by atoms with van der Waals surface area (Å²) in [6.45, 7) is 6.42. The summed E-state index contributed by atoms with van der Waals surface area (Å²) < 4.78 is 17.6. The van der Waals surface area contributed by atoms with Crippen LogP contribution in [0.4, 0.5) is 9.59 Å². The van der Waals surface area contributed by atoms with Crippen LogP contribution in [0.25, 0.3) is 22.3 Å². The van der Waals surface area contributed by atoms with Crippen molar-refractivity contribution in [3.05, 3.63) is 180 Å². The Bertz CT molecular complexity index is 2580. The lowest BCUT2D eigenvalue weighted by atomic mass is 9.98. The van der Waals surface area contributed by atoms with Gasteiger partial charge in [0.1, 0.15) is 19.3 Å². The number of carboxylic acids is 1. The van der Waals surface area contributed by atoms with Gasteiger partial charge in [0.25, 0.3) is 8.32 Å². The molecule has 2 unspecified atom stereocenters. The number of fused-ring (bicyclic) bond motifs is 6. The van der Waals surface area contributed by atoms with Gasteiger partial charge in [-0.25, -0.2) is 14.4 Å². The van der Waals surface area contributed by atoms with Gasteiger partial charge in [-0.2, -0.15) is 0 Å². The highest BCUT2D eigenvalue weighted by Gasteiger charge is 2.50. The molecule has 3 amide bonds. The maximum absolute atomic E-state index is 12.9. The first kappa shape index (κ1) is 54.8. The lowest BCUT2D eigenvalue weighted by Gasteiger charge is -2.43. The van der Waals surface area contributed by atoms with E-state index < -0.39 is 57.7 Å². The smallest absolute Gasteiger partial charge is 0.407 e. The van der Waals surface area contributed by atoms with Crippen molar-refractivity contribution in [2.45, 2.75) is 71.0 Å². The Morgan fingerprint density at radius 3 is 1.25 bits per heavy atom. The molecule has 13 nitrogen and oxygen atoms in total. The number of rotatable bonds is 17. The van der Waals surface area contributed by atoms with Crippen LogP contribution in [0.3, 0.4) is 0 Å². The van der Waals surface area contributed by atoms with E-state index >= 15 is 0 Å². The van der Waals surface area contributed by atoms with Crippen LogP contribution < -0.4 is 26.3 Å². The van der Waals surface area contributed by atoms with Crippen molar-refractivity contribution < 1.29 is 48.4 Å². The number of amides is 3. The fourth-order valence-corrected chi connectivity index (χ4v) is 13.9. The van der Waals surface area contributed by atoms with E-state index in [9.17, 15) is 24.3 Å². The normalized spacial score (nSPS) is 13.1. The molecule has 2 aliphatic rings. The summed E-state index contributed by atoms with van der Waals surface area (Å²) in [5.74, 6) is -1.98. The topological polar surface area (TPSA) is 193 Å².